The van der Waals surface area contributed by atoms with Gasteiger partial charge in [-0.1, -0.05) is 12.1 Å². The third kappa shape index (κ3) is 3.69. The molecule has 19 heavy (non-hydrogen) atoms. The fraction of sp³-hybridized carbons (Fsp3) is 0.538. The highest BCUT2D eigenvalue weighted by atomic mass is 79.9. The largest absolute Gasteiger partial charge is 0.391 e. The predicted molar refractivity (Wildman–Crippen MR) is 68.2 cm³/mol. The van der Waals surface area contributed by atoms with Crippen molar-refractivity contribution in [2.75, 3.05) is 13.1 Å². The van der Waals surface area contributed by atoms with Gasteiger partial charge in [0.2, 0.25) is 0 Å². The fourth-order valence-electron chi connectivity index (χ4n) is 2.33. The minimum Gasteiger partial charge on any atom is -0.299 e. The van der Waals surface area contributed by atoms with E-state index in [1.165, 1.54) is 0 Å². The first-order valence-electron chi connectivity index (χ1n) is 6.10. The molecule has 106 valence electrons. The van der Waals surface area contributed by atoms with Crippen LogP contribution >= 0.6 is 15.9 Å². The van der Waals surface area contributed by atoms with E-state index in [1.54, 1.807) is 18.2 Å². The highest BCUT2D eigenvalue weighted by molar-refractivity contribution is 9.10. The summed E-state index contributed by atoms with van der Waals surface area (Å²) in [6, 6.07) is 5.00. The highest BCUT2D eigenvalue weighted by Gasteiger charge is 2.40. The van der Waals surface area contributed by atoms with Crippen LogP contribution in [-0.2, 0) is 6.54 Å². The number of hydrogen-bond donors (Lipinski definition) is 0. The average molecular weight is 340 g/mol. The van der Waals surface area contributed by atoms with Crippen LogP contribution in [0.15, 0.2) is 22.7 Å². The molecule has 0 unspecified atom stereocenters. The van der Waals surface area contributed by atoms with Gasteiger partial charge in [-0.15, -0.1) is 0 Å². The van der Waals surface area contributed by atoms with E-state index < -0.39 is 12.1 Å². The van der Waals surface area contributed by atoms with Crippen LogP contribution in [0, 0.1) is 11.7 Å². The minimum absolute atomic E-state index is 0.0964. The van der Waals surface area contributed by atoms with E-state index in [9.17, 15) is 17.6 Å². The molecule has 0 spiro atoms. The lowest BCUT2D eigenvalue weighted by molar-refractivity contribution is -0.185. The van der Waals surface area contributed by atoms with Gasteiger partial charge in [0.1, 0.15) is 5.82 Å². The molecule has 0 atom stereocenters. The molecule has 0 saturated carbocycles. The number of likely N-dealkylation sites (tertiary alicyclic amines) is 1. The van der Waals surface area contributed by atoms with Crippen molar-refractivity contribution in [1.29, 1.82) is 0 Å². The molecule has 1 aliphatic heterocycles. The molecular formula is C13H14BrF4N. The van der Waals surface area contributed by atoms with Crippen molar-refractivity contribution in [2.45, 2.75) is 25.6 Å². The standard InChI is InChI=1S/C13H14BrF4N/c14-11-3-1-2-9(12(11)15)8-19-6-4-10(5-7-19)13(16,17)18/h1-3,10H,4-8H2. The quantitative estimate of drug-likeness (QED) is 0.723. The van der Waals surface area contributed by atoms with E-state index in [4.69, 9.17) is 0 Å². The van der Waals surface area contributed by atoms with E-state index in [-0.39, 0.29) is 18.7 Å². The molecule has 1 heterocycles. The number of piperidine rings is 1. The van der Waals surface area contributed by atoms with Crippen molar-refractivity contribution < 1.29 is 17.6 Å². The Morgan fingerprint density at radius 2 is 1.84 bits per heavy atom. The number of hydrogen-bond acceptors (Lipinski definition) is 1. The third-order valence-corrected chi connectivity index (χ3v) is 4.09. The van der Waals surface area contributed by atoms with Crippen LogP contribution < -0.4 is 0 Å². The zero-order valence-electron chi connectivity index (χ0n) is 10.2. The molecule has 0 bridgehead atoms. The molecule has 1 saturated heterocycles. The van der Waals surface area contributed by atoms with Crippen molar-refractivity contribution in [2.24, 2.45) is 5.92 Å². The second kappa shape index (κ2) is 5.79. The monoisotopic (exact) mass is 339 g/mol. The Balaban J connectivity index is 1.94. The molecule has 6 heteroatoms. The molecule has 1 aliphatic rings. The molecule has 1 fully saturated rings. The Labute approximate surface area is 117 Å². The van der Waals surface area contributed by atoms with Gasteiger partial charge in [0.05, 0.1) is 10.4 Å². The lowest BCUT2D eigenvalue weighted by Gasteiger charge is -2.32. The smallest absolute Gasteiger partial charge is 0.299 e. The van der Waals surface area contributed by atoms with Gasteiger partial charge in [-0.05, 0) is 47.9 Å². The lowest BCUT2D eigenvalue weighted by Crippen LogP contribution is -2.38. The van der Waals surface area contributed by atoms with Gasteiger partial charge < -0.3 is 0 Å². The summed E-state index contributed by atoms with van der Waals surface area (Å²) in [7, 11) is 0. The number of nitrogens with zero attached hydrogens (tertiary/aromatic N) is 1. The number of alkyl halides is 3. The van der Waals surface area contributed by atoms with Crippen LogP contribution in [0.2, 0.25) is 0 Å². The van der Waals surface area contributed by atoms with Crippen molar-refractivity contribution >= 4 is 15.9 Å². The summed E-state index contributed by atoms with van der Waals surface area (Å²) in [4.78, 5) is 1.87. The predicted octanol–water partition coefficient (Wildman–Crippen LogP) is 4.36. The van der Waals surface area contributed by atoms with E-state index in [1.807, 2.05) is 4.90 Å². The van der Waals surface area contributed by atoms with Gasteiger partial charge in [0, 0.05) is 12.1 Å². The summed E-state index contributed by atoms with van der Waals surface area (Å²) >= 11 is 3.10. The van der Waals surface area contributed by atoms with Crippen molar-refractivity contribution in [1.82, 2.24) is 4.90 Å². The maximum Gasteiger partial charge on any atom is 0.391 e. The summed E-state index contributed by atoms with van der Waals surface area (Å²) in [6.07, 6.45) is -3.91. The lowest BCUT2D eigenvalue weighted by atomic mass is 9.96. The first kappa shape index (κ1) is 14.8. The van der Waals surface area contributed by atoms with Gasteiger partial charge >= 0.3 is 6.18 Å². The maximum atomic E-state index is 13.8. The summed E-state index contributed by atoms with van der Waals surface area (Å²) in [6.45, 7) is 1.07. The second-order valence-corrected chi connectivity index (χ2v) is 5.66. The van der Waals surface area contributed by atoms with E-state index in [0.717, 1.165) is 0 Å². The summed E-state index contributed by atoms with van der Waals surface area (Å²) in [5, 5.41) is 0. The van der Waals surface area contributed by atoms with Gasteiger partial charge in [-0.25, -0.2) is 4.39 Å². The number of benzene rings is 1. The molecule has 0 radical (unpaired) electrons. The first-order chi connectivity index (χ1) is 8.88. The van der Waals surface area contributed by atoms with Crippen molar-refractivity contribution in [3.8, 4) is 0 Å². The first-order valence-corrected chi connectivity index (χ1v) is 6.89. The average Bonchev–Trinajstić information content (AvgIpc) is 2.35. The Kier molecular flexibility index (Phi) is 4.50. The molecule has 1 aromatic rings. The minimum atomic E-state index is -4.10. The molecule has 0 aromatic heterocycles. The fourth-order valence-corrected chi connectivity index (χ4v) is 2.74. The van der Waals surface area contributed by atoms with E-state index >= 15 is 0 Å². The normalized spacial score (nSPS) is 18.8. The van der Waals surface area contributed by atoms with Crippen LogP contribution in [0.3, 0.4) is 0 Å². The summed E-state index contributed by atoms with van der Waals surface area (Å²) in [5.74, 6) is -1.54. The Hall–Kier alpha value is -0.620. The van der Waals surface area contributed by atoms with Gasteiger partial charge in [0.15, 0.2) is 0 Å². The van der Waals surface area contributed by atoms with E-state index in [0.29, 0.717) is 29.7 Å². The van der Waals surface area contributed by atoms with Crippen LogP contribution in [0.5, 0.6) is 0 Å². The maximum absolute atomic E-state index is 13.8. The molecule has 0 aliphatic carbocycles. The van der Waals surface area contributed by atoms with Crippen LogP contribution in [0.4, 0.5) is 17.6 Å². The van der Waals surface area contributed by atoms with Crippen LogP contribution in [0.25, 0.3) is 0 Å². The topological polar surface area (TPSA) is 3.24 Å². The van der Waals surface area contributed by atoms with Crippen molar-refractivity contribution in [3.63, 3.8) is 0 Å². The molecule has 0 amide bonds. The van der Waals surface area contributed by atoms with Crippen molar-refractivity contribution in [3.05, 3.63) is 34.1 Å². The Morgan fingerprint density at radius 3 is 2.42 bits per heavy atom. The highest BCUT2D eigenvalue weighted by Crippen LogP contribution is 2.34. The molecular weight excluding hydrogens is 326 g/mol. The molecule has 0 N–H and O–H groups in total. The number of rotatable bonds is 2. The SMILES string of the molecule is Fc1c(Br)cccc1CN1CCC(C(F)(F)F)CC1. The van der Waals surface area contributed by atoms with Crippen LogP contribution in [-0.4, -0.2) is 24.2 Å². The molecule has 1 aromatic carbocycles. The Bertz CT molecular complexity index is 439. The van der Waals surface area contributed by atoms with Gasteiger partial charge in [0.25, 0.3) is 0 Å². The zero-order valence-corrected chi connectivity index (χ0v) is 11.8. The Morgan fingerprint density at radius 1 is 1.21 bits per heavy atom. The van der Waals surface area contributed by atoms with Gasteiger partial charge in [-0.3, -0.25) is 4.90 Å². The molecule has 1 nitrogen and oxygen atoms in total. The summed E-state index contributed by atoms with van der Waals surface area (Å²) in [5.41, 5.74) is 0.514. The van der Waals surface area contributed by atoms with Gasteiger partial charge in [-0.2, -0.15) is 13.2 Å². The van der Waals surface area contributed by atoms with Crippen LogP contribution in [0.1, 0.15) is 18.4 Å². The molecule has 2 rings (SSSR count). The number of halogens is 5. The second-order valence-electron chi connectivity index (χ2n) is 4.80. The van der Waals surface area contributed by atoms with E-state index in [2.05, 4.69) is 15.9 Å². The zero-order chi connectivity index (χ0) is 14.0. The third-order valence-electron chi connectivity index (χ3n) is 3.48. The summed E-state index contributed by atoms with van der Waals surface area (Å²) < 4.78 is 51.7.